The predicted molar refractivity (Wildman–Crippen MR) is 89.4 cm³/mol. The van der Waals surface area contributed by atoms with Crippen LogP contribution >= 0.6 is 0 Å². The Morgan fingerprint density at radius 2 is 2.16 bits per heavy atom. The number of primary amides is 1. The molecule has 1 aliphatic carbocycles. The Bertz CT molecular complexity index is 881. The van der Waals surface area contributed by atoms with Gasteiger partial charge in [0.15, 0.2) is 0 Å². The van der Waals surface area contributed by atoms with Crippen molar-refractivity contribution in [2.45, 2.75) is 25.2 Å². The van der Waals surface area contributed by atoms with Crippen LogP contribution in [-0.4, -0.2) is 21.9 Å². The van der Waals surface area contributed by atoms with Gasteiger partial charge in [-0.05, 0) is 37.1 Å². The van der Waals surface area contributed by atoms with E-state index < -0.39 is 0 Å². The van der Waals surface area contributed by atoms with Crippen molar-refractivity contribution in [2.24, 2.45) is 11.7 Å². The highest BCUT2D eigenvalue weighted by Gasteiger charge is 2.44. The first-order chi connectivity index (χ1) is 12.0. The van der Waals surface area contributed by atoms with E-state index in [1.54, 1.807) is 30.5 Å². The van der Waals surface area contributed by atoms with Gasteiger partial charge in [0.2, 0.25) is 11.8 Å². The van der Waals surface area contributed by atoms with E-state index in [1.807, 2.05) is 0 Å². The first-order valence-corrected chi connectivity index (χ1v) is 8.10. The molecule has 1 unspecified atom stereocenters. The fraction of sp³-hybridized carbons (Fsp3) is 0.278. The van der Waals surface area contributed by atoms with Crippen LogP contribution in [0.15, 0.2) is 30.5 Å². The second-order valence-corrected chi connectivity index (χ2v) is 6.36. The molecule has 1 aromatic heterocycles. The number of pyridine rings is 1. The van der Waals surface area contributed by atoms with Gasteiger partial charge in [-0.1, -0.05) is 0 Å². The number of carbonyl (C=O) groups excluding carboxylic acids is 2. The zero-order chi connectivity index (χ0) is 17.6. The lowest BCUT2D eigenvalue weighted by Crippen LogP contribution is -2.20. The molecule has 2 amide bonds. The quantitative estimate of drug-likeness (QED) is 0.789. The molecule has 2 atom stereocenters. The number of nitrogens with two attached hydrogens (primary N) is 1. The molecular formula is C18H17N3O4. The predicted octanol–water partition coefficient (Wildman–Crippen LogP) is 2.05. The van der Waals surface area contributed by atoms with E-state index in [0.717, 1.165) is 5.56 Å². The van der Waals surface area contributed by atoms with Crippen LogP contribution in [-0.2, 0) is 16.0 Å². The summed E-state index contributed by atoms with van der Waals surface area (Å²) < 4.78 is 5.96. The van der Waals surface area contributed by atoms with Gasteiger partial charge in [-0.2, -0.15) is 0 Å². The third-order valence-electron chi connectivity index (χ3n) is 4.65. The zero-order valence-electron chi connectivity index (χ0n) is 13.4. The molecule has 0 radical (unpaired) electrons. The third kappa shape index (κ3) is 2.88. The minimum Gasteiger partial charge on any atom is -0.508 e. The molecule has 7 nitrogen and oxygen atoms in total. The number of aromatic hydroxyl groups is 1. The van der Waals surface area contributed by atoms with Crippen LogP contribution in [0.2, 0.25) is 0 Å². The molecule has 4 N–H and O–H groups in total. The van der Waals surface area contributed by atoms with Crippen molar-refractivity contribution < 1.29 is 19.4 Å². The maximum absolute atomic E-state index is 11.5. The molecule has 0 bridgehead atoms. The number of anilines is 1. The number of rotatable bonds is 4. The van der Waals surface area contributed by atoms with Gasteiger partial charge in [-0.3, -0.25) is 9.59 Å². The number of nitrogens with zero attached hydrogens (tertiary/aromatic N) is 1. The number of nitrogens with one attached hydrogen (secondary N) is 1. The summed E-state index contributed by atoms with van der Waals surface area (Å²) in [6.45, 7) is 0. The zero-order valence-corrected chi connectivity index (χ0v) is 13.4. The summed E-state index contributed by atoms with van der Waals surface area (Å²) in [6.07, 6.45) is 3.16. The Hall–Kier alpha value is -3.09. The molecule has 0 saturated heterocycles. The van der Waals surface area contributed by atoms with Crippen LogP contribution in [0, 0.1) is 5.92 Å². The number of amides is 2. The molecule has 25 heavy (non-hydrogen) atoms. The second kappa shape index (κ2) is 5.77. The molecule has 0 spiro atoms. The number of aromatic nitrogens is 1. The molecule has 2 aromatic rings. The average Bonchev–Trinajstić information content (AvgIpc) is 3.37. The Kier molecular flexibility index (Phi) is 3.56. The normalized spacial score (nSPS) is 21.2. The van der Waals surface area contributed by atoms with Gasteiger partial charge in [-0.25, -0.2) is 4.98 Å². The van der Waals surface area contributed by atoms with Crippen molar-refractivity contribution in [2.75, 3.05) is 5.32 Å². The molecule has 4 rings (SSSR count). The van der Waals surface area contributed by atoms with Crippen LogP contribution in [0.5, 0.6) is 17.2 Å². The van der Waals surface area contributed by atoms with E-state index in [2.05, 4.69) is 10.3 Å². The Morgan fingerprint density at radius 1 is 1.32 bits per heavy atom. The van der Waals surface area contributed by atoms with E-state index in [4.69, 9.17) is 10.5 Å². The maximum atomic E-state index is 11.5. The summed E-state index contributed by atoms with van der Waals surface area (Å²) in [6, 6.07) is 6.69. The fourth-order valence-electron chi connectivity index (χ4n) is 3.23. The van der Waals surface area contributed by atoms with Gasteiger partial charge in [0.25, 0.3) is 0 Å². The Labute approximate surface area is 143 Å². The number of carbonyl (C=O) groups is 2. The van der Waals surface area contributed by atoms with Crippen LogP contribution in [0.3, 0.4) is 0 Å². The first-order valence-electron chi connectivity index (χ1n) is 8.10. The SMILES string of the molecule is NC(=O)C1C[C@@H]1c1cc(Oc2ccnc3c2CCC(=O)N3)ccc1O. The number of phenolic OH excluding ortho intramolecular Hbond substituents is 1. The van der Waals surface area contributed by atoms with Gasteiger partial charge in [-0.15, -0.1) is 0 Å². The van der Waals surface area contributed by atoms with Gasteiger partial charge in [0.1, 0.15) is 23.1 Å². The highest BCUT2D eigenvalue weighted by molar-refractivity contribution is 5.93. The van der Waals surface area contributed by atoms with E-state index in [1.165, 1.54) is 0 Å². The minimum atomic E-state index is -0.352. The van der Waals surface area contributed by atoms with Crippen LogP contribution in [0.4, 0.5) is 5.82 Å². The monoisotopic (exact) mass is 339 g/mol. The smallest absolute Gasteiger partial charge is 0.225 e. The van der Waals surface area contributed by atoms with Gasteiger partial charge >= 0.3 is 0 Å². The summed E-state index contributed by atoms with van der Waals surface area (Å²) in [7, 11) is 0. The third-order valence-corrected chi connectivity index (χ3v) is 4.65. The van der Waals surface area contributed by atoms with Crippen molar-refractivity contribution in [3.63, 3.8) is 0 Å². The van der Waals surface area contributed by atoms with Crippen molar-refractivity contribution in [3.05, 3.63) is 41.6 Å². The molecule has 1 saturated carbocycles. The molecule has 2 heterocycles. The van der Waals surface area contributed by atoms with Gasteiger partial charge in [0, 0.05) is 35.6 Å². The van der Waals surface area contributed by atoms with Crippen molar-refractivity contribution in [1.29, 1.82) is 0 Å². The molecule has 1 aliphatic heterocycles. The highest BCUT2D eigenvalue weighted by Crippen LogP contribution is 2.51. The average molecular weight is 339 g/mol. The standard InChI is InChI=1S/C18H17N3O4/c19-17(24)13-8-11(13)12-7-9(1-3-14(12)22)25-15-5-6-20-18-10(15)2-4-16(23)21-18/h1,3,5-7,11,13,22H,2,4,8H2,(H2,19,24)(H,20,21,23)/t11-,13?/m1/s1. The molecule has 128 valence electrons. The van der Waals surface area contributed by atoms with E-state index >= 15 is 0 Å². The van der Waals surface area contributed by atoms with E-state index in [-0.39, 0.29) is 29.4 Å². The Balaban J connectivity index is 1.61. The fourth-order valence-corrected chi connectivity index (χ4v) is 3.23. The summed E-state index contributed by atoms with van der Waals surface area (Å²) >= 11 is 0. The number of hydrogen-bond acceptors (Lipinski definition) is 5. The summed E-state index contributed by atoms with van der Waals surface area (Å²) in [5, 5.41) is 12.8. The van der Waals surface area contributed by atoms with Crippen molar-refractivity contribution in [1.82, 2.24) is 4.98 Å². The molecule has 1 fully saturated rings. The summed E-state index contributed by atoms with van der Waals surface area (Å²) in [5.74, 6) is 1.10. The van der Waals surface area contributed by atoms with Gasteiger partial charge < -0.3 is 20.9 Å². The highest BCUT2D eigenvalue weighted by atomic mass is 16.5. The van der Waals surface area contributed by atoms with E-state index in [0.29, 0.717) is 42.1 Å². The lowest BCUT2D eigenvalue weighted by atomic mass is 10.1. The van der Waals surface area contributed by atoms with E-state index in [9.17, 15) is 14.7 Å². The van der Waals surface area contributed by atoms with Crippen LogP contribution in [0.25, 0.3) is 0 Å². The lowest BCUT2D eigenvalue weighted by Gasteiger charge is -2.19. The number of benzene rings is 1. The van der Waals surface area contributed by atoms with Gasteiger partial charge in [0.05, 0.1) is 0 Å². The largest absolute Gasteiger partial charge is 0.508 e. The number of fused-ring (bicyclic) bond motifs is 1. The van der Waals surface area contributed by atoms with Crippen LogP contribution in [0.1, 0.15) is 29.9 Å². The lowest BCUT2D eigenvalue weighted by molar-refractivity contribution is -0.119. The minimum absolute atomic E-state index is 0.0599. The number of hydrogen-bond donors (Lipinski definition) is 3. The molecule has 1 aromatic carbocycles. The Morgan fingerprint density at radius 3 is 2.92 bits per heavy atom. The summed E-state index contributed by atoms with van der Waals surface area (Å²) in [5.41, 5.74) is 6.84. The number of phenols is 1. The molecule has 2 aliphatic rings. The molecule has 7 heteroatoms. The maximum Gasteiger partial charge on any atom is 0.225 e. The van der Waals surface area contributed by atoms with Crippen molar-refractivity contribution >= 4 is 17.6 Å². The number of ether oxygens (including phenoxy) is 1. The first kappa shape index (κ1) is 15.4. The second-order valence-electron chi connectivity index (χ2n) is 6.36. The summed E-state index contributed by atoms with van der Waals surface area (Å²) in [4.78, 5) is 26.9. The topological polar surface area (TPSA) is 115 Å². The van der Waals surface area contributed by atoms with Crippen molar-refractivity contribution in [3.8, 4) is 17.2 Å². The molecular weight excluding hydrogens is 322 g/mol. The van der Waals surface area contributed by atoms with Crippen LogP contribution < -0.4 is 15.8 Å².